The Kier molecular flexibility index (Phi) is 5.31. The second kappa shape index (κ2) is 8.62. The molecule has 2 N–H and O–H groups in total. The monoisotopic (exact) mass is 472 g/mol. The van der Waals surface area contributed by atoms with Gasteiger partial charge in [0, 0.05) is 56.6 Å². The lowest BCUT2D eigenvalue weighted by atomic mass is 9.95. The van der Waals surface area contributed by atoms with Gasteiger partial charge in [-0.05, 0) is 37.1 Å². The summed E-state index contributed by atoms with van der Waals surface area (Å²) >= 11 is 1.49. The quantitative estimate of drug-likeness (QED) is 0.471. The number of fused-ring (bicyclic) bond motifs is 3. The topological polar surface area (TPSA) is 101 Å². The standard InChI is InChI=1S/C24H24N8OS/c1-15(33)28-24-29-19-6-5-18-21(16-3-2-8-26-13-16)30-32(22(18)23(19)34-24)17-4-7-20(27-14-17)31-11-9-25-10-12-31/h2-4,7-8,13-14,25H,5-6,9-12H2,1H3,(H,28,29,33). The van der Waals surface area contributed by atoms with E-state index in [0.29, 0.717) is 5.13 Å². The summed E-state index contributed by atoms with van der Waals surface area (Å²) in [5.41, 5.74) is 5.99. The number of carbonyl (C=O) groups is 1. The van der Waals surface area contributed by atoms with E-state index in [0.717, 1.165) is 78.0 Å². The van der Waals surface area contributed by atoms with Crippen molar-refractivity contribution in [2.45, 2.75) is 19.8 Å². The van der Waals surface area contributed by atoms with Gasteiger partial charge in [0.15, 0.2) is 5.13 Å². The number of rotatable bonds is 4. The number of aromatic nitrogens is 5. The van der Waals surface area contributed by atoms with Crippen molar-refractivity contribution >= 4 is 28.2 Å². The zero-order valence-electron chi connectivity index (χ0n) is 18.8. The van der Waals surface area contributed by atoms with Crippen LogP contribution in [0.15, 0.2) is 42.9 Å². The van der Waals surface area contributed by atoms with E-state index < -0.39 is 0 Å². The van der Waals surface area contributed by atoms with Gasteiger partial charge in [0.1, 0.15) is 5.82 Å². The van der Waals surface area contributed by atoms with Crippen LogP contribution in [0.25, 0.3) is 27.5 Å². The first kappa shape index (κ1) is 20.9. The maximum atomic E-state index is 11.6. The van der Waals surface area contributed by atoms with E-state index in [1.165, 1.54) is 23.8 Å². The molecular weight excluding hydrogens is 448 g/mol. The molecule has 1 saturated heterocycles. The van der Waals surface area contributed by atoms with Crippen molar-refractivity contribution in [1.82, 2.24) is 30.0 Å². The maximum Gasteiger partial charge on any atom is 0.223 e. The average Bonchev–Trinajstić information content (AvgIpc) is 3.46. The molecule has 0 bridgehead atoms. The summed E-state index contributed by atoms with van der Waals surface area (Å²) in [7, 11) is 0. The molecule has 0 atom stereocenters. The van der Waals surface area contributed by atoms with Crippen molar-refractivity contribution in [3.63, 3.8) is 0 Å². The average molecular weight is 473 g/mol. The molecule has 0 radical (unpaired) electrons. The van der Waals surface area contributed by atoms with Gasteiger partial charge in [0.2, 0.25) is 5.91 Å². The van der Waals surface area contributed by atoms with E-state index in [1.54, 1.807) is 6.20 Å². The minimum Gasteiger partial charge on any atom is -0.354 e. The Hall–Kier alpha value is -3.63. The first-order valence-corrected chi connectivity index (χ1v) is 12.2. The van der Waals surface area contributed by atoms with Gasteiger partial charge in [-0.3, -0.25) is 9.78 Å². The molecule has 5 heterocycles. The molecule has 1 fully saturated rings. The van der Waals surface area contributed by atoms with Gasteiger partial charge in [-0.1, -0.05) is 11.3 Å². The predicted molar refractivity (Wildman–Crippen MR) is 132 cm³/mol. The number of piperazine rings is 1. The van der Waals surface area contributed by atoms with Crippen molar-refractivity contribution in [3.05, 3.63) is 54.1 Å². The highest BCUT2D eigenvalue weighted by Gasteiger charge is 2.30. The van der Waals surface area contributed by atoms with Crippen molar-refractivity contribution in [3.8, 4) is 27.5 Å². The van der Waals surface area contributed by atoms with Crippen LogP contribution >= 0.6 is 11.3 Å². The Morgan fingerprint density at radius 1 is 1.15 bits per heavy atom. The van der Waals surface area contributed by atoms with Gasteiger partial charge in [0.25, 0.3) is 0 Å². The Morgan fingerprint density at radius 2 is 2.03 bits per heavy atom. The fourth-order valence-corrected chi connectivity index (χ4v) is 5.70. The molecule has 1 amide bonds. The summed E-state index contributed by atoms with van der Waals surface area (Å²) in [5, 5.41) is 11.9. The molecule has 2 aliphatic rings. The lowest BCUT2D eigenvalue weighted by Gasteiger charge is -2.28. The summed E-state index contributed by atoms with van der Waals surface area (Å²) in [5.74, 6) is 0.855. The number of thiazole rings is 1. The van der Waals surface area contributed by atoms with Crippen LogP contribution in [0.5, 0.6) is 0 Å². The molecule has 0 spiro atoms. The summed E-state index contributed by atoms with van der Waals surface area (Å²) < 4.78 is 1.97. The highest BCUT2D eigenvalue weighted by Crippen LogP contribution is 2.44. The number of nitrogens with one attached hydrogen (secondary N) is 2. The van der Waals surface area contributed by atoms with Crippen molar-refractivity contribution in [1.29, 1.82) is 0 Å². The maximum absolute atomic E-state index is 11.6. The van der Waals surface area contributed by atoms with E-state index in [9.17, 15) is 4.79 Å². The number of aryl methyl sites for hydroxylation is 1. The van der Waals surface area contributed by atoms with Crippen LogP contribution in [-0.2, 0) is 17.6 Å². The van der Waals surface area contributed by atoms with E-state index >= 15 is 0 Å². The van der Waals surface area contributed by atoms with Crippen molar-refractivity contribution in [2.75, 3.05) is 36.4 Å². The van der Waals surface area contributed by atoms with Crippen molar-refractivity contribution < 1.29 is 4.79 Å². The van der Waals surface area contributed by atoms with Crippen LogP contribution in [0.2, 0.25) is 0 Å². The molecule has 0 aromatic carbocycles. The SMILES string of the molecule is CC(=O)Nc1nc2c(s1)-c1c(c(-c3cccnc3)nn1-c1ccc(N3CCNCC3)nc1)CC2. The lowest BCUT2D eigenvalue weighted by molar-refractivity contribution is -0.114. The summed E-state index contributed by atoms with van der Waals surface area (Å²) in [4.78, 5) is 28.7. The van der Waals surface area contributed by atoms with Crippen LogP contribution in [0.3, 0.4) is 0 Å². The molecule has 0 unspecified atom stereocenters. The Morgan fingerprint density at radius 3 is 2.76 bits per heavy atom. The van der Waals surface area contributed by atoms with Gasteiger partial charge in [-0.2, -0.15) is 5.10 Å². The second-order valence-corrected chi connectivity index (χ2v) is 9.42. The van der Waals surface area contributed by atoms with Crippen LogP contribution < -0.4 is 15.5 Å². The number of amides is 1. The fourth-order valence-electron chi connectivity index (χ4n) is 4.58. The first-order valence-electron chi connectivity index (χ1n) is 11.4. The van der Waals surface area contributed by atoms with Crippen LogP contribution in [0.4, 0.5) is 10.9 Å². The Balaban J connectivity index is 1.47. The molecule has 9 nitrogen and oxygen atoms in total. The number of anilines is 2. The van der Waals surface area contributed by atoms with Gasteiger partial charge in [0.05, 0.1) is 33.8 Å². The Bertz CT molecular complexity index is 1340. The van der Waals surface area contributed by atoms with Gasteiger partial charge in [-0.15, -0.1) is 0 Å². The van der Waals surface area contributed by atoms with E-state index in [-0.39, 0.29) is 5.91 Å². The molecule has 10 heteroatoms. The molecular formula is C24H24N8OS. The number of hydrogen-bond acceptors (Lipinski definition) is 8. The molecule has 172 valence electrons. The molecule has 0 saturated carbocycles. The zero-order chi connectivity index (χ0) is 23.1. The van der Waals surface area contributed by atoms with E-state index in [2.05, 4.69) is 37.6 Å². The lowest BCUT2D eigenvalue weighted by Crippen LogP contribution is -2.43. The van der Waals surface area contributed by atoms with Gasteiger partial charge >= 0.3 is 0 Å². The normalized spacial score (nSPS) is 15.0. The summed E-state index contributed by atoms with van der Waals surface area (Å²) in [6.45, 7) is 5.34. The van der Waals surface area contributed by atoms with E-state index in [4.69, 9.17) is 10.1 Å². The molecule has 34 heavy (non-hydrogen) atoms. The smallest absolute Gasteiger partial charge is 0.223 e. The molecule has 4 aromatic heterocycles. The predicted octanol–water partition coefficient (Wildman–Crippen LogP) is 2.92. The molecule has 6 rings (SSSR count). The summed E-state index contributed by atoms with van der Waals surface area (Å²) in [6.07, 6.45) is 7.14. The largest absolute Gasteiger partial charge is 0.354 e. The van der Waals surface area contributed by atoms with E-state index in [1.807, 2.05) is 29.2 Å². The first-order chi connectivity index (χ1) is 16.7. The molecule has 4 aromatic rings. The number of carbonyl (C=O) groups excluding carboxylic acids is 1. The van der Waals surface area contributed by atoms with Crippen LogP contribution in [0, 0.1) is 0 Å². The third-order valence-corrected chi connectivity index (χ3v) is 7.16. The number of nitrogens with zero attached hydrogens (tertiary/aromatic N) is 6. The van der Waals surface area contributed by atoms with Gasteiger partial charge in [-0.25, -0.2) is 14.6 Å². The fraction of sp³-hybridized carbons (Fsp3) is 0.292. The van der Waals surface area contributed by atoms with Gasteiger partial charge < -0.3 is 15.5 Å². The summed E-state index contributed by atoms with van der Waals surface area (Å²) in [6, 6.07) is 8.11. The minimum atomic E-state index is -0.122. The Labute approximate surface area is 200 Å². The van der Waals surface area contributed by atoms with Crippen LogP contribution in [0.1, 0.15) is 18.2 Å². The third-order valence-electron chi connectivity index (χ3n) is 6.14. The zero-order valence-corrected chi connectivity index (χ0v) is 19.6. The third kappa shape index (κ3) is 3.74. The second-order valence-electron chi connectivity index (χ2n) is 8.42. The minimum absolute atomic E-state index is 0.122. The van der Waals surface area contributed by atoms with Crippen LogP contribution in [-0.4, -0.2) is 56.8 Å². The highest BCUT2D eigenvalue weighted by molar-refractivity contribution is 7.19. The molecule has 1 aliphatic heterocycles. The molecule has 1 aliphatic carbocycles. The highest BCUT2D eigenvalue weighted by atomic mass is 32.1. The number of pyridine rings is 2. The van der Waals surface area contributed by atoms with Crippen molar-refractivity contribution in [2.24, 2.45) is 0 Å². The number of hydrogen-bond donors (Lipinski definition) is 2.